The predicted molar refractivity (Wildman–Crippen MR) is 164 cm³/mol. The average Bonchev–Trinajstić information content (AvgIpc) is 3.06. The molecule has 43 heavy (non-hydrogen) atoms. The topological polar surface area (TPSA) is 92.1 Å². The molecule has 0 atom stereocenters. The Kier molecular flexibility index (Phi) is 8.18. The number of carbonyl (C=O) groups excluding carboxylic acids is 1. The first-order valence-corrected chi connectivity index (χ1v) is 13.6. The highest BCUT2D eigenvalue weighted by Gasteiger charge is 2.23. The van der Waals surface area contributed by atoms with Gasteiger partial charge in [-0.3, -0.25) is 0 Å². The summed E-state index contributed by atoms with van der Waals surface area (Å²) in [5.41, 5.74) is 3.59. The monoisotopic (exact) mass is 569 g/mol. The molecule has 0 spiro atoms. The van der Waals surface area contributed by atoms with Crippen molar-refractivity contribution in [1.29, 1.82) is 0 Å². The second-order valence-electron chi connectivity index (χ2n) is 9.52. The number of hydrogen-bond acceptors (Lipinski definition) is 8. The van der Waals surface area contributed by atoms with Crippen molar-refractivity contribution in [3.8, 4) is 17.2 Å². The van der Waals surface area contributed by atoms with Crippen LogP contribution in [0.15, 0.2) is 126 Å². The lowest BCUT2D eigenvalue weighted by Gasteiger charge is -2.14. The van der Waals surface area contributed by atoms with Gasteiger partial charge in [-0.2, -0.15) is 0 Å². The minimum absolute atomic E-state index is 0.0597. The molecule has 2 aromatic heterocycles. The van der Waals surface area contributed by atoms with Gasteiger partial charge in [0.2, 0.25) is 0 Å². The normalized spacial score (nSPS) is 11.3. The third-order valence-electron chi connectivity index (χ3n) is 6.63. The van der Waals surface area contributed by atoms with Gasteiger partial charge < -0.3 is 19.0 Å². The van der Waals surface area contributed by atoms with E-state index in [0.29, 0.717) is 17.1 Å². The molecule has 6 aromatic rings. The molecule has 2 heterocycles. The van der Waals surface area contributed by atoms with E-state index in [-0.39, 0.29) is 24.7 Å². The fraction of sp³-hybridized carbons (Fsp3) is 0.0857. The van der Waals surface area contributed by atoms with Gasteiger partial charge in [-0.1, -0.05) is 78.0 Å². The zero-order valence-electron chi connectivity index (χ0n) is 23.3. The Labute approximate surface area is 248 Å². The Hall–Kier alpha value is -5.76. The minimum Gasteiger partial charge on any atom is -0.487 e. The second-order valence-corrected chi connectivity index (χ2v) is 9.52. The summed E-state index contributed by atoms with van der Waals surface area (Å²) in [6.45, 7) is 0.383. The van der Waals surface area contributed by atoms with Gasteiger partial charge in [0, 0.05) is 10.8 Å². The molecule has 0 amide bonds. The number of nitrogens with zero attached hydrogens (tertiary/aromatic N) is 3. The Bertz CT molecular complexity index is 1940. The standard InChI is InChI=1S/C35H27N3O5/c1-40-38-34(28-12-4-7-15-31(28)41-22-26-20-18-24-10-2-5-13-29(24)36-26)35(39)43-33-17-9-8-16-32(33)42-23-27-21-19-25-11-3-6-14-30(25)37-27/h2-21H,22-23H2,1H3. The van der Waals surface area contributed by atoms with Gasteiger partial charge >= 0.3 is 5.97 Å². The van der Waals surface area contributed by atoms with Crippen LogP contribution in [0.5, 0.6) is 17.2 Å². The van der Waals surface area contributed by atoms with Crippen molar-refractivity contribution >= 4 is 33.5 Å². The smallest absolute Gasteiger partial charge is 0.366 e. The molecule has 6 rings (SSSR count). The largest absolute Gasteiger partial charge is 0.487 e. The van der Waals surface area contributed by atoms with Gasteiger partial charge in [-0.25, -0.2) is 14.8 Å². The van der Waals surface area contributed by atoms with Gasteiger partial charge in [0.1, 0.15) is 26.1 Å². The van der Waals surface area contributed by atoms with Gasteiger partial charge in [0.25, 0.3) is 0 Å². The average molecular weight is 570 g/mol. The maximum atomic E-state index is 13.5. The van der Waals surface area contributed by atoms with Crippen LogP contribution in [-0.4, -0.2) is 28.8 Å². The number of pyridine rings is 2. The molecule has 4 aromatic carbocycles. The van der Waals surface area contributed by atoms with Gasteiger partial charge in [-0.05, 0) is 48.5 Å². The lowest BCUT2D eigenvalue weighted by molar-refractivity contribution is -0.127. The van der Waals surface area contributed by atoms with E-state index in [4.69, 9.17) is 19.0 Å². The van der Waals surface area contributed by atoms with E-state index in [1.807, 2.05) is 78.9 Å². The first-order chi connectivity index (χ1) is 21.2. The molecule has 0 unspecified atom stereocenters. The number of benzene rings is 4. The van der Waals surface area contributed by atoms with E-state index in [2.05, 4.69) is 15.1 Å². The molecule has 0 aliphatic rings. The molecule has 0 radical (unpaired) electrons. The van der Waals surface area contributed by atoms with Crippen molar-refractivity contribution in [2.45, 2.75) is 13.2 Å². The molecule has 0 aliphatic heterocycles. The zero-order valence-corrected chi connectivity index (χ0v) is 23.3. The van der Waals surface area contributed by atoms with Crippen LogP contribution in [0.25, 0.3) is 21.8 Å². The first kappa shape index (κ1) is 27.4. The zero-order chi connectivity index (χ0) is 29.4. The van der Waals surface area contributed by atoms with Crippen molar-refractivity contribution in [3.63, 3.8) is 0 Å². The quantitative estimate of drug-likeness (QED) is 0.0767. The van der Waals surface area contributed by atoms with Crippen LogP contribution in [0.3, 0.4) is 0 Å². The first-order valence-electron chi connectivity index (χ1n) is 13.6. The summed E-state index contributed by atoms with van der Waals surface area (Å²) in [6.07, 6.45) is 0. The minimum atomic E-state index is -0.735. The van der Waals surface area contributed by atoms with Crippen LogP contribution in [0, 0.1) is 0 Å². The van der Waals surface area contributed by atoms with Gasteiger partial charge in [0.15, 0.2) is 17.2 Å². The van der Waals surface area contributed by atoms with E-state index in [0.717, 1.165) is 33.2 Å². The van der Waals surface area contributed by atoms with E-state index >= 15 is 0 Å². The highest BCUT2D eigenvalue weighted by atomic mass is 16.6. The Balaban J connectivity index is 1.18. The highest BCUT2D eigenvalue weighted by Crippen LogP contribution is 2.29. The summed E-state index contributed by atoms with van der Waals surface area (Å²) in [5, 5.41) is 6.08. The van der Waals surface area contributed by atoms with Gasteiger partial charge in [0.05, 0.1) is 28.0 Å². The van der Waals surface area contributed by atoms with E-state index < -0.39 is 5.97 Å². The maximum absolute atomic E-state index is 13.5. The summed E-state index contributed by atoms with van der Waals surface area (Å²) < 4.78 is 17.9. The van der Waals surface area contributed by atoms with Crippen LogP contribution in [-0.2, 0) is 22.8 Å². The molecule has 0 bridgehead atoms. The maximum Gasteiger partial charge on any atom is 0.366 e. The Morgan fingerprint density at radius 3 is 1.74 bits per heavy atom. The lowest BCUT2D eigenvalue weighted by atomic mass is 10.1. The number of hydrogen-bond donors (Lipinski definition) is 0. The van der Waals surface area contributed by atoms with E-state index in [1.54, 1.807) is 42.5 Å². The van der Waals surface area contributed by atoms with Crippen LogP contribution in [0.2, 0.25) is 0 Å². The Morgan fingerprint density at radius 1 is 0.605 bits per heavy atom. The summed E-state index contributed by atoms with van der Waals surface area (Å²) in [4.78, 5) is 27.8. The number of carbonyl (C=O) groups is 1. The van der Waals surface area contributed by atoms with Crippen LogP contribution >= 0.6 is 0 Å². The van der Waals surface area contributed by atoms with Crippen molar-refractivity contribution in [3.05, 3.63) is 138 Å². The van der Waals surface area contributed by atoms with Crippen molar-refractivity contribution in [2.24, 2.45) is 5.16 Å². The molecular formula is C35H27N3O5. The number of para-hydroxylation sites is 5. The molecule has 212 valence electrons. The molecular weight excluding hydrogens is 542 g/mol. The van der Waals surface area contributed by atoms with Crippen LogP contribution in [0.1, 0.15) is 17.0 Å². The number of rotatable bonds is 10. The fourth-order valence-electron chi connectivity index (χ4n) is 4.56. The number of fused-ring (bicyclic) bond motifs is 2. The van der Waals surface area contributed by atoms with Crippen molar-refractivity contribution in [1.82, 2.24) is 9.97 Å². The highest BCUT2D eigenvalue weighted by molar-refractivity contribution is 6.44. The molecule has 8 nitrogen and oxygen atoms in total. The second kappa shape index (κ2) is 12.8. The molecule has 0 fully saturated rings. The van der Waals surface area contributed by atoms with Crippen LogP contribution in [0.4, 0.5) is 0 Å². The third kappa shape index (κ3) is 6.44. The predicted octanol–water partition coefficient (Wildman–Crippen LogP) is 6.90. The molecule has 0 saturated heterocycles. The number of ether oxygens (including phenoxy) is 3. The van der Waals surface area contributed by atoms with Gasteiger partial charge in [-0.15, -0.1) is 0 Å². The number of esters is 1. The van der Waals surface area contributed by atoms with Crippen molar-refractivity contribution in [2.75, 3.05) is 7.11 Å². The molecule has 0 saturated carbocycles. The molecule has 0 aliphatic carbocycles. The van der Waals surface area contributed by atoms with E-state index in [9.17, 15) is 4.79 Å². The number of oxime groups is 1. The number of aromatic nitrogens is 2. The Morgan fingerprint density at radius 2 is 1.12 bits per heavy atom. The summed E-state index contributed by atoms with van der Waals surface area (Å²) >= 11 is 0. The molecule has 8 heteroatoms. The van der Waals surface area contributed by atoms with Crippen LogP contribution < -0.4 is 14.2 Å². The van der Waals surface area contributed by atoms with Crippen molar-refractivity contribution < 1.29 is 23.8 Å². The fourth-order valence-corrected chi connectivity index (χ4v) is 4.56. The van der Waals surface area contributed by atoms with E-state index in [1.165, 1.54) is 7.11 Å². The summed E-state index contributed by atoms with van der Waals surface area (Å²) in [6, 6.07) is 37.5. The summed E-state index contributed by atoms with van der Waals surface area (Å²) in [5.74, 6) is 0.309. The third-order valence-corrected chi connectivity index (χ3v) is 6.63. The SMILES string of the molecule is CON=C(C(=O)Oc1ccccc1OCc1ccc2ccccc2n1)c1ccccc1OCc1ccc2ccccc2n1. The molecule has 0 N–H and O–H groups in total. The summed E-state index contributed by atoms with van der Waals surface area (Å²) in [7, 11) is 1.36. The lowest BCUT2D eigenvalue weighted by Crippen LogP contribution is -2.23.